The van der Waals surface area contributed by atoms with Crippen molar-refractivity contribution in [3.05, 3.63) is 29.8 Å². The van der Waals surface area contributed by atoms with Crippen LogP contribution in [0.2, 0.25) is 0 Å². The fraction of sp³-hybridized carbons (Fsp3) is 0.500. The standard InChI is InChI=1S/C16H19F2N3O2S.ClH/c17-16(18)9-13(19-10-16)14(22)20-12-3-1-2-11(8-12)15(23)21-4-6-24-7-5-21;/h1-3,8,13,19H,4-7,9-10H2,(H,20,22);1H. The first kappa shape index (κ1) is 19.9. The molecule has 2 aliphatic rings. The molecule has 5 nitrogen and oxygen atoms in total. The number of carbonyl (C=O) groups is 2. The second-order valence-electron chi connectivity index (χ2n) is 5.97. The van der Waals surface area contributed by atoms with Crippen molar-refractivity contribution < 1.29 is 18.4 Å². The lowest BCUT2D eigenvalue weighted by molar-refractivity contribution is -0.118. The number of nitrogens with zero attached hydrogens (tertiary/aromatic N) is 1. The molecule has 0 spiro atoms. The lowest BCUT2D eigenvalue weighted by Gasteiger charge is -2.26. The van der Waals surface area contributed by atoms with Crippen molar-refractivity contribution in [3.63, 3.8) is 0 Å². The van der Waals surface area contributed by atoms with E-state index in [9.17, 15) is 18.4 Å². The summed E-state index contributed by atoms with van der Waals surface area (Å²) in [7, 11) is 0. The molecule has 1 aromatic rings. The third kappa shape index (κ3) is 5.05. The molecule has 1 aromatic carbocycles. The summed E-state index contributed by atoms with van der Waals surface area (Å²) in [6.07, 6.45) is -0.511. The molecule has 25 heavy (non-hydrogen) atoms. The lowest BCUT2D eigenvalue weighted by Crippen LogP contribution is -2.38. The lowest BCUT2D eigenvalue weighted by atomic mass is 10.1. The highest BCUT2D eigenvalue weighted by Gasteiger charge is 2.42. The van der Waals surface area contributed by atoms with E-state index in [0.717, 1.165) is 11.5 Å². The van der Waals surface area contributed by atoms with Crippen LogP contribution in [-0.4, -0.2) is 59.8 Å². The third-order valence-corrected chi connectivity index (χ3v) is 5.04. The van der Waals surface area contributed by atoms with Crippen LogP contribution in [0.25, 0.3) is 0 Å². The molecule has 2 amide bonds. The third-order valence-electron chi connectivity index (χ3n) is 4.10. The fourth-order valence-corrected chi connectivity index (χ4v) is 3.71. The summed E-state index contributed by atoms with van der Waals surface area (Å²) in [4.78, 5) is 26.3. The molecule has 0 aliphatic carbocycles. The molecule has 138 valence electrons. The SMILES string of the molecule is Cl.O=C(Nc1cccc(C(=O)N2CCSCC2)c1)C1CC(F)(F)CN1. The van der Waals surface area contributed by atoms with Crippen molar-refractivity contribution >= 4 is 41.7 Å². The van der Waals surface area contributed by atoms with Crippen molar-refractivity contribution in [3.8, 4) is 0 Å². The van der Waals surface area contributed by atoms with Gasteiger partial charge >= 0.3 is 0 Å². The number of alkyl halides is 2. The topological polar surface area (TPSA) is 61.4 Å². The van der Waals surface area contributed by atoms with Crippen molar-refractivity contribution in [2.24, 2.45) is 0 Å². The van der Waals surface area contributed by atoms with E-state index in [1.807, 2.05) is 11.8 Å². The Morgan fingerprint density at radius 1 is 1.28 bits per heavy atom. The first-order valence-electron chi connectivity index (χ1n) is 7.84. The van der Waals surface area contributed by atoms with E-state index in [-0.39, 0.29) is 18.3 Å². The van der Waals surface area contributed by atoms with Gasteiger partial charge in [-0.2, -0.15) is 11.8 Å². The van der Waals surface area contributed by atoms with Crippen LogP contribution in [-0.2, 0) is 4.79 Å². The van der Waals surface area contributed by atoms with Gasteiger partial charge in [0.1, 0.15) is 0 Å². The highest BCUT2D eigenvalue weighted by atomic mass is 35.5. The Labute approximate surface area is 155 Å². The van der Waals surface area contributed by atoms with Gasteiger partial charge in [-0.05, 0) is 18.2 Å². The summed E-state index contributed by atoms with van der Waals surface area (Å²) in [6.45, 7) is 0.929. The molecule has 1 unspecified atom stereocenters. The number of halogens is 3. The molecule has 2 saturated heterocycles. The van der Waals surface area contributed by atoms with Gasteiger partial charge in [0.15, 0.2) is 0 Å². The zero-order valence-electron chi connectivity index (χ0n) is 13.5. The maximum absolute atomic E-state index is 13.2. The monoisotopic (exact) mass is 391 g/mol. The molecule has 2 fully saturated rings. The molecular formula is C16H20ClF2N3O2S. The Bertz CT molecular complexity index is 642. The Hall–Kier alpha value is -1.38. The van der Waals surface area contributed by atoms with E-state index >= 15 is 0 Å². The second kappa shape index (κ2) is 8.33. The molecular weight excluding hydrogens is 372 g/mol. The summed E-state index contributed by atoms with van der Waals surface area (Å²) in [6, 6.07) is 5.70. The Kier molecular flexibility index (Phi) is 6.65. The molecule has 0 aromatic heterocycles. The average Bonchev–Trinajstić information content (AvgIpc) is 2.95. The van der Waals surface area contributed by atoms with Crippen LogP contribution < -0.4 is 10.6 Å². The molecule has 0 bridgehead atoms. The smallest absolute Gasteiger partial charge is 0.262 e. The summed E-state index contributed by atoms with van der Waals surface area (Å²) >= 11 is 1.82. The van der Waals surface area contributed by atoms with Crippen LogP contribution in [0.15, 0.2) is 24.3 Å². The second-order valence-corrected chi connectivity index (χ2v) is 7.19. The molecule has 3 rings (SSSR count). The first-order valence-corrected chi connectivity index (χ1v) is 8.99. The minimum Gasteiger partial charge on any atom is -0.337 e. The molecule has 0 radical (unpaired) electrons. The summed E-state index contributed by atoms with van der Waals surface area (Å²) in [5.74, 6) is -1.59. The van der Waals surface area contributed by atoms with Gasteiger partial charge in [0.05, 0.1) is 12.6 Å². The maximum atomic E-state index is 13.2. The molecule has 0 saturated carbocycles. The number of nitrogens with one attached hydrogen (secondary N) is 2. The summed E-state index contributed by atoms with van der Waals surface area (Å²) in [5.41, 5.74) is 0.929. The van der Waals surface area contributed by atoms with Crippen molar-refractivity contribution in [1.82, 2.24) is 10.2 Å². The molecule has 9 heteroatoms. The van der Waals surface area contributed by atoms with E-state index in [1.165, 1.54) is 0 Å². The zero-order valence-corrected chi connectivity index (χ0v) is 15.1. The number of anilines is 1. The highest BCUT2D eigenvalue weighted by molar-refractivity contribution is 7.99. The van der Waals surface area contributed by atoms with Crippen LogP contribution in [0.1, 0.15) is 16.8 Å². The Morgan fingerprint density at radius 3 is 2.64 bits per heavy atom. The number of hydrogen-bond donors (Lipinski definition) is 2. The predicted octanol–water partition coefficient (Wildman–Crippen LogP) is 2.23. The van der Waals surface area contributed by atoms with E-state index in [0.29, 0.717) is 24.3 Å². The van der Waals surface area contributed by atoms with Gasteiger partial charge in [0, 0.05) is 42.3 Å². The van der Waals surface area contributed by atoms with E-state index in [2.05, 4.69) is 10.6 Å². The molecule has 2 heterocycles. The predicted molar refractivity (Wildman–Crippen MR) is 96.9 cm³/mol. The minimum atomic E-state index is -2.86. The van der Waals surface area contributed by atoms with Gasteiger partial charge in [-0.3, -0.25) is 14.9 Å². The molecule has 1 atom stereocenters. The number of carbonyl (C=O) groups excluding carboxylic acids is 2. The number of thioether (sulfide) groups is 1. The highest BCUT2D eigenvalue weighted by Crippen LogP contribution is 2.26. The zero-order chi connectivity index (χ0) is 17.2. The Balaban J connectivity index is 0.00000225. The minimum absolute atomic E-state index is 0. The van der Waals surface area contributed by atoms with E-state index < -0.39 is 30.8 Å². The van der Waals surface area contributed by atoms with Crippen LogP contribution in [0.3, 0.4) is 0 Å². The number of amides is 2. The van der Waals surface area contributed by atoms with Gasteiger partial charge in [0.25, 0.3) is 11.8 Å². The van der Waals surface area contributed by atoms with Gasteiger partial charge in [-0.15, -0.1) is 12.4 Å². The number of hydrogen-bond acceptors (Lipinski definition) is 4. The first-order chi connectivity index (χ1) is 11.4. The van der Waals surface area contributed by atoms with Crippen molar-refractivity contribution in [1.29, 1.82) is 0 Å². The van der Waals surface area contributed by atoms with Crippen LogP contribution >= 0.6 is 24.2 Å². The van der Waals surface area contributed by atoms with Gasteiger partial charge < -0.3 is 10.2 Å². The van der Waals surface area contributed by atoms with E-state index in [4.69, 9.17) is 0 Å². The maximum Gasteiger partial charge on any atom is 0.262 e. The molecule has 2 N–H and O–H groups in total. The fourth-order valence-electron chi connectivity index (χ4n) is 2.81. The van der Waals surface area contributed by atoms with Gasteiger partial charge in [-0.1, -0.05) is 6.07 Å². The van der Waals surface area contributed by atoms with Gasteiger partial charge in [0.2, 0.25) is 5.91 Å². The normalized spacial score (nSPS) is 22.2. The van der Waals surface area contributed by atoms with Crippen LogP contribution in [0, 0.1) is 0 Å². The number of rotatable bonds is 3. The largest absolute Gasteiger partial charge is 0.337 e. The molecule has 2 aliphatic heterocycles. The van der Waals surface area contributed by atoms with Crippen LogP contribution in [0.5, 0.6) is 0 Å². The summed E-state index contributed by atoms with van der Waals surface area (Å²) < 4.78 is 26.4. The van der Waals surface area contributed by atoms with Crippen LogP contribution in [0.4, 0.5) is 14.5 Å². The number of benzene rings is 1. The van der Waals surface area contributed by atoms with E-state index in [1.54, 1.807) is 29.2 Å². The van der Waals surface area contributed by atoms with Crippen molar-refractivity contribution in [2.75, 3.05) is 36.5 Å². The quantitative estimate of drug-likeness (QED) is 0.829. The Morgan fingerprint density at radius 2 is 2.00 bits per heavy atom. The van der Waals surface area contributed by atoms with Crippen molar-refractivity contribution in [2.45, 2.75) is 18.4 Å². The average molecular weight is 392 g/mol. The van der Waals surface area contributed by atoms with Gasteiger partial charge in [-0.25, -0.2) is 8.78 Å². The summed E-state index contributed by atoms with van der Waals surface area (Å²) in [5, 5.41) is 5.13.